The molecule has 0 atom stereocenters. The van der Waals surface area contributed by atoms with Gasteiger partial charge >= 0.3 is 0 Å². The number of rotatable bonds is 12. The first-order valence-electron chi connectivity index (χ1n) is 9.94. The summed E-state index contributed by atoms with van der Waals surface area (Å²) in [6.07, 6.45) is 10.4. The molecule has 0 aliphatic carbocycles. The maximum absolute atomic E-state index is 5.85. The lowest BCUT2D eigenvalue weighted by Gasteiger charge is -2.25. The molecule has 0 radical (unpaired) electrons. The van der Waals surface area contributed by atoms with Crippen molar-refractivity contribution < 1.29 is 0 Å². The van der Waals surface area contributed by atoms with Crippen LogP contribution in [0.4, 0.5) is 11.4 Å². The van der Waals surface area contributed by atoms with E-state index in [9.17, 15) is 0 Å². The number of unbranched alkanes of at least 4 members (excludes halogenated alkanes) is 5. The minimum absolute atomic E-state index is 0.840. The minimum Gasteiger partial charge on any atom is -0.399 e. The molecule has 2 heteroatoms. The van der Waals surface area contributed by atoms with Gasteiger partial charge in [0, 0.05) is 24.5 Å². The van der Waals surface area contributed by atoms with Gasteiger partial charge in [-0.15, -0.1) is 0 Å². The van der Waals surface area contributed by atoms with E-state index < -0.39 is 0 Å². The van der Waals surface area contributed by atoms with Gasteiger partial charge < -0.3 is 10.6 Å². The Morgan fingerprint density at radius 1 is 0.720 bits per heavy atom. The predicted octanol–water partition coefficient (Wildman–Crippen LogP) is 6.07. The van der Waals surface area contributed by atoms with E-state index >= 15 is 0 Å². The molecule has 2 aromatic carbocycles. The molecule has 0 unspecified atom stereocenters. The fourth-order valence-electron chi connectivity index (χ4n) is 3.26. The Hall–Kier alpha value is -1.96. The zero-order valence-electron chi connectivity index (χ0n) is 15.8. The van der Waals surface area contributed by atoms with Crippen LogP contribution in [-0.2, 0) is 6.42 Å². The van der Waals surface area contributed by atoms with E-state index in [0.717, 1.165) is 25.2 Å². The van der Waals surface area contributed by atoms with Crippen molar-refractivity contribution in [3.05, 3.63) is 60.2 Å². The van der Waals surface area contributed by atoms with E-state index in [1.165, 1.54) is 56.2 Å². The lowest BCUT2D eigenvalue weighted by atomic mass is 10.1. The molecule has 0 amide bonds. The smallest absolute Gasteiger partial charge is 0.0367 e. The zero-order valence-corrected chi connectivity index (χ0v) is 15.8. The highest BCUT2D eigenvalue weighted by Gasteiger charge is 2.06. The Morgan fingerprint density at radius 3 is 2.08 bits per heavy atom. The normalized spacial score (nSPS) is 10.8. The molecule has 0 saturated heterocycles. The van der Waals surface area contributed by atoms with Gasteiger partial charge in [0.25, 0.3) is 0 Å². The first-order valence-corrected chi connectivity index (χ1v) is 9.94. The fraction of sp³-hybridized carbons (Fsp3) is 0.478. The number of hydrogen-bond acceptors (Lipinski definition) is 2. The lowest BCUT2D eigenvalue weighted by molar-refractivity contribution is 0.594. The molecule has 25 heavy (non-hydrogen) atoms. The molecule has 2 N–H and O–H groups in total. The van der Waals surface area contributed by atoms with Gasteiger partial charge in [0.2, 0.25) is 0 Å². The maximum atomic E-state index is 5.85. The molecular weight excluding hydrogens is 304 g/mol. The molecule has 0 spiro atoms. The van der Waals surface area contributed by atoms with Crippen molar-refractivity contribution in [2.45, 2.75) is 58.3 Å². The average molecular weight is 339 g/mol. The van der Waals surface area contributed by atoms with Crippen LogP contribution >= 0.6 is 0 Å². The molecular formula is C23H34N2. The van der Waals surface area contributed by atoms with Gasteiger partial charge in [-0.2, -0.15) is 0 Å². The molecule has 0 heterocycles. The van der Waals surface area contributed by atoms with Crippen molar-refractivity contribution in [1.82, 2.24) is 0 Å². The van der Waals surface area contributed by atoms with Gasteiger partial charge in [-0.05, 0) is 49.1 Å². The Kier molecular flexibility index (Phi) is 8.96. The van der Waals surface area contributed by atoms with Crippen LogP contribution in [0.15, 0.2) is 54.6 Å². The molecule has 2 aromatic rings. The molecule has 0 aromatic heterocycles. The first-order chi connectivity index (χ1) is 12.3. The van der Waals surface area contributed by atoms with E-state index in [2.05, 4.69) is 54.3 Å². The lowest BCUT2D eigenvalue weighted by Crippen LogP contribution is -2.26. The van der Waals surface area contributed by atoms with Crippen LogP contribution in [0.25, 0.3) is 0 Å². The fourth-order valence-corrected chi connectivity index (χ4v) is 3.26. The van der Waals surface area contributed by atoms with Crippen LogP contribution in [0.2, 0.25) is 0 Å². The van der Waals surface area contributed by atoms with Crippen molar-refractivity contribution in [3.8, 4) is 0 Å². The van der Waals surface area contributed by atoms with E-state index in [4.69, 9.17) is 5.73 Å². The molecule has 0 saturated carbocycles. The average Bonchev–Trinajstić information content (AvgIpc) is 2.65. The SMILES string of the molecule is CCCCCCCCN(CCCc1ccccc1)c1ccc(N)cc1. The van der Waals surface area contributed by atoms with Crippen LogP contribution in [-0.4, -0.2) is 13.1 Å². The van der Waals surface area contributed by atoms with Crippen LogP contribution < -0.4 is 10.6 Å². The van der Waals surface area contributed by atoms with Gasteiger partial charge in [0.15, 0.2) is 0 Å². The second-order valence-electron chi connectivity index (χ2n) is 6.94. The Bertz CT molecular complexity index is 562. The van der Waals surface area contributed by atoms with E-state index in [-0.39, 0.29) is 0 Å². The van der Waals surface area contributed by atoms with Gasteiger partial charge in [-0.3, -0.25) is 0 Å². The van der Waals surface area contributed by atoms with Gasteiger partial charge in [0.1, 0.15) is 0 Å². The number of benzene rings is 2. The molecule has 0 aliphatic rings. The summed E-state index contributed by atoms with van der Waals surface area (Å²) in [6.45, 7) is 4.52. The largest absolute Gasteiger partial charge is 0.399 e. The van der Waals surface area contributed by atoms with Crippen molar-refractivity contribution in [3.63, 3.8) is 0 Å². The Labute approximate surface area is 154 Å². The van der Waals surface area contributed by atoms with Crippen molar-refractivity contribution in [1.29, 1.82) is 0 Å². The maximum Gasteiger partial charge on any atom is 0.0367 e. The summed E-state index contributed by atoms with van der Waals surface area (Å²) < 4.78 is 0. The van der Waals surface area contributed by atoms with E-state index in [0.29, 0.717) is 0 Å². The number of nitrogen functional groups attached to an aromatic ring is 1. The quantitative estimate of drug-likeness (QED) is 0.376. The third kappa shape index (κ3) is 7.64. The van der Waals surface area contributed by atoms with Crippen molar-refractivity contribution >= 4 is 11.4 Å². The summed E-state index contributed by atoms with van der Waals surface area (Å²) in [5.74, 6) is 0. The molecule has 0 aliphatic heterocycles. The number of nitrogens with two attached hydrogens (primary N) is 1. The molecule has 0 bridgehead atoms. The monoisotopic (exact) mass is 338 g/mol. The highest BCUT2D eigenvalue weighted by atomic mass is 15.1. The Morgan fingerprint density at radius 2 is 1.36 bits per heavy atom. The summed E-state index contributed by atoms with van der Waals surface area (Å²) in [5.41, 5.74) is 9.42. The minimum atomic E-state index is 0.840. The predicted molar refractivity (Wildman–Crippen MR) is 111 cm³/mol. The van der Waals surface area contributed by atoms with Crippen molar-refractivity contribution in [2.75, 3.05) is 23.7 Å². The third-order valence-electron chi connectivity index (χ3n) is 4.78. The highest BCUT2D eigenvalue weighted by molar-refractivity contribution is 5.53. The van der Waals surface area contributed by atoms with Crippen LogP contribution in [0.1, 0.15) is 57.4 Å². The first kappa shape index (κ1) is 19.4. The zero-order chi connectivity index (χ0) is 17.7. The van der Waals surface area contributed by atoms with Crippen LogP contribution in [0, 0.1) is 0 Å². The molecule has 2 nitrogen and oxygen atoms in total. The van der Waals surface area contributed by atoms with E-state index in [1.807, 2.05) is 12.1 Å². The topological polar surface area (TPSA) is 29.3 Å². The number of aryl methyl sites for hydroxylation is 1. The Balaban J connectivity index is 1.82. The standard InChI is InChI=1S/C23H34N2/c1-2-3-4-5-6-10-19-25(23-17-15-22(24)16-18-23)20-11-14-21-12-8-7-9-13-21/h7-9,12-13,15-18H,2-6,10-11,14,19-20,24H2,1H3. The van der Waals surface area contributed by atoms with Crippen LogP contribution in [0.3, 0.4) is 0 Å². The highest BCUT2D eigenvalue weighted by Crippen LogP contribution is 2.18. The molecule has 0 fully saturated rings. The van der Waals surface area contributed by atoms with Gasteiger partial charge in [-0.25, -0.2) is 0 Å². The number of anilines is 2. The van der Waals surface area contributed by atoms with Crippen LogP contribution in [0.5, 0.6) is 0 Å². The second kappa shape index (κ2) is 11.6. The van der Waals surface area contributed by atoms with E-state index in [1.54, 1.807) is 0 Å². The molecule has 2 rings (SSSR count). The number of nitrogens with zero attached hydrogens (tertiary/aromatic N) is 1. The second-order valence-corrected chi connectivity index (χ2v) is 6.94. The molecule has 136 valence electrons. The summed E-state index contributed by atoms with van der Waals surface area (Å²) >= 11 is 0. The summed E-state index contributed by atoms with van der Waals surface area (Å²) in [6, 6.07) is 19.1. The summed E-state index contributed by atoms with van der Waals surface area (Å²) in [4.78, 5) is 2.53. The van der Waals surface area contributed by atoms with Crippen molar-refractivity contribution in [2.24, 2.45) is 0 Å². The van der Waals surface area contributed by atoms with Gasteiger partial charge in [0.05, 0.1) is 0 Å². The number of hydrogen-bond donors (Lipinski definition) is 1. The summed E-state index contributed by atoms with van der Waals surface area (Å²) in [5, 5.41) is 0. The van der Waals surface area contributed by atoms with Gasteiger partial charge in [-0.1, -0.05) is 69.4 Å². The third-order valence-corrected chi connectivity index (χ3v) is 4.78. The summed E-state index contributed by atoms with van der Waals surface area (Å²) in [7, 11) is 0.